The van der Waals surface area contributed by atoms with E-state index < -0.39 is 30.4 Å². The van der Waals surface area contributed by atoms with Gasteiger partial charge in [0.15, 0.2) is 18.1 Å². The van der Waals surface area contributed by atoms with Crippen molar-refractivity contribution < 1.29 is 38.7 Å². The highest BCUT2D eigenvalue weighted by Crippen LogP contribution is 2.36. The van der Waals surface area contributed by atoms with Crippen molar-refractivity contribution in [2.24, 2.45) is 11.5 Å². The molecule has 0 aliphatic carbocycles. The number of nitrogens with one attached hydrogen (secondary N) is 2. The minimum Gasteiger partial charge on any atom is -0.491 e. The van der Waals surface area contributed by atoms with E-state index in [1.165, 1.54) is 12.3 Å². The number of hydroxylamine groups is 1. The summed E-state index contributed by atoms with van der Waals surface area (Å²) < 4.78 is 13.7. The number of carbonyl (C=O) groups excluding carboxylic acids is 4. The summed E-state index contributed by atoms with van der Waals surface area (Å²) >= 11 is 0. The van der Waals surface area contributed by atoms with Crippen LogP contribution in [-0.2, 0) is 35.8 Å². The number of nitrogens with two attached hydrogens (primary N) is 2. The molecule has 360 valence electrons. The van der Waals surface area contributed by atoms with E-state index in [0.717, 1.165) is 11.4 Å². The van der Waals surface area contributed by atoms with E-state index in [0.29, 0.717) is 108 Å². The second-order valence-corrected chi connectivity index (χ2v) is 16.3. The summed E-state index contributed by atoms with van der Waals surface area (Å²) in [6.07, 6.45) is 6.13. The molecular weight excluding hydrogens is 893 g/mol. The third kappa shape index (κ3) is 10.2. The number of benzene rings is 1. The molecule has 8 rings (SSSR count). The highest BCUT2D eigenvalue weighted by atomic mass is 16.7. The fourth-order valence-electron chi connectivity index (χ4n) is 8.34. The molecule has 0 bridgehead atoms. The fourth-order valence-corrected chi connectivity index (χ4v) is 8.34. The summed E-state index contributed by atoms with van der Waals surface area (Å²) in [6.45, 7) is 11.8. The third-order valence-electron chi connectivity index (χ3n) is 11.6. The lowest BCUT2D eigenvalue weighted by Gasteiger charge is -2.34. The number of piperazine rings is 1. The maximum absolute atomic E-state index is 13.6. The van der Waals surface area contributed by atoms with Crippen LogP contribution in [0.4, 0.5) is 10.7 Å². The van der Waals surface area contributed by atoms with E-state index in [2.05, 4.69) is 30.4 Å². The van der Waals surface area contributed by atoms with Crippen LogP contribution in [0.25, 0.3) is 44.6 Å². The molecule has 7 heterocycles. The smallest absolute Gasteiger partial charge is 0.428 e. The Kier molecular flexibility index (Phi) is 13.9. The lowest BCUT2D eigenvalue weighted by molar-refractivity contribution is -0.139. The zero-order valence-electron chi connectivity index (χ0n) is 38.5. The molecule has 69 heavy (non-hydrogen) atoms. The minimum atomic E-state index is -1.38. The van der Waals surface area contributed by atoms with Crippen LogP contribution in [-0.4, -0.2) is 139 Å². The highest BCUT2D eigenvalue weighted by molar-refractivity contribution is 6.12. The predicted molar refractivity (Wildman–Crippen MR) is 251 cm³/mol. The maximum Gasteiger partial charge on any atom is 0.428 e. The summed E-state index contributed by atoms with van der Waals surface area (Å²) in [4.78, 5) is 89.2. The molecule has 5 amide bonds. The Labute approximate surface area is 393 Å². The molecule has 24 nitrogen and oxygen atoms in total. The van der Waals surface area contributed by atoms with Crippen LogP contribution in [0.5, 0.6) is 5.75 Å². The molecule has 0 unspecified atom stereocenters. The number of pyridine rings is 1. The standard InChI is InChI=1S/C45H52N16O8/c1-5-60-33(18-26(3)53-60)40-48-24-31-30-20-28(38(46)63)22-35(68-17-9-10-56-13-15-57(16-14-56)36(62)25-69-55-45(66)67)37(30)58(41(31)51-40)11-7-8-12-59-42-32(21-29(23-49-42)39(47)64)50-44(59)52-43(65)34-19-27(4)54-61(34)6-2/h7-8,18-24,55H,5-6,9-17,25H2,1-4H3,(H2,46,63)(H2,47,64)(H,66,67)(H,50,52,65). The molecule has 0 atom stereocenters. The molecule has 0 spiro atoms. The van der Waals surface area contributed by atoms with E-state index in [-0.39, 0.29) is 42.7 Å². The van der Waals surface area contributed by atoms with Gasteiger partial charge in [0.1, 0.15) is 28.3 Å². The van der Waals surface area contributed by atoms with Gasteiger partial charge in [-0.25, -0.2) is 24.7 Å². The van der Waals surface area contributed by atoms with Crippen LogP contribution in [0.2, 0.25) is 0 Å². The summed E-state index contributed by atoms with van der Waals surface area (Å²) in [5, 5.41) is 21.9. The van der Waals surface area contributed by atoms with Crippen molar-refractivity contribution in [2.45, 2.75) is 60.3 Å². The third-order valence-corrected chi connectivity index (χ3v) is 11.6. The number of anilines is 1. The van der Waals surface area contributed by atoms with Gasteiger partial charge in [0, 0.05) is 87.6 Å². The van der Waals surface area contributed by atoms with Gasteiger partial charge in [-0.2, -0.15) is 15.7 Å². The molecule has 1 aliphatic rings. The second-order valence-electron chi connectivity index (χ2n) is 16.3. The topological polar surface area (TPSA) is 304 Å². The zero-order valence-corrected chi connectivity index (χ0v) is 38.5. The number of aromatic nitrogens is 10. The van der Waals surface area contributed by atoms with Gasteiger partial charge in [-0.3, -0.25) is 48.2 Å². The normalized spacial score (nSPS) is 13.2. The van der Waals surface area contributed by atoms with Crippen LogP contribution in [0.3, 0.4) is 0 Å². The number of hydrogen-bond acceptors (Lipinski definition) is 14. The Morgan fingerprint density at radius 3 is 2.22 bits per heavy atom. The average Bonchev–Trinajstić information content (AvgIpc) is 4.09. The number of hydrogen-bond donors (Lipinski definition) is 5. The van der Waals surface area contributed by atoms with Crippen LogP contribution >= 0.6 is 0 Å². The Morgan fingerprint density at radius 1 is 0.797 bits per heavy atom. The Balaban J connectivity index is 1.09. The molecule has 1 fully saturated rings. The van der Waals surface area contributed by atoms with Crippen LogP contribution in [0.15, 0.2) is 54.9 Å². The number of ether oxygens (including phenoxy) is 1. The van der Waals surface area contributed by atoms with Gasteiger partial charge in [-0.15, -0.1) is 0 Å². The number of fused-ring (bicyclic) bond motifs is 4. The van der Waals surface area contributed by atoms with Gasteiger partial charge in [-0.05, 0) is 64.4 Å². The largest absolute Gasteiger partial charge is 0.491 e. The van der Waals surface area contributed by atoms with E-state index in [1.807, 2.05) is 48.2 Å². The molecule has 24 heteroatoms. The second kappa shape index (κ2) is 20.3. The number of nitrogens with zero attached hydrogens (tertiary/aromatic N) is 12. The van der Waals surface area contributed by atoms with Crippen molar-refractivity contribution in [1.29, 1.82) is 0 Å². The van der Waals surface area contributed by atoms with Crippen molar-refractivity contribution in [2.75, 3.05) is 51.3 Å². The number of carboxylic acid groups (broad SMARTS) is 1. The molecular formula is C45H52N16O8. The summed E-state index contributed by atoms with van der Waals surface area (Å²) in [6, 6.07) is 8.48. The Morgan fingerprint density at radius 2 is 1.51 bits per heavy atom. The number of aryl methyl sites for hydroxylation is 4. The van der Waals surface area contributed by atoms with Crippen LogP contribution in [0.1, 0.15) is 62.9 Å². The molecule has 6 aromatic heterocycles. The van der Waals surface area contributed by atoms with Gasteiger partial charge in [0.05, 0.1) is 29.1 Å². The summed E-state index contributed by atoms with van der Waals surface area (Å²) in [5.41, 5.74) is 18.2. The van der Waals surface area contributed by atoms with Crippen molar-refractivity contribution in [3.63, 3.8) is 0 Å². The zero-order chi connectivity index (χ0) is 48.9. The first-order valence-electron chi connectivity index (χ1n) is 22.3. The predicted octanol–water partition coefficient (Wildman–Crippen LogP) is 2.86. The number of imidazole rings is 1. The first kappa shape index (κ1) is 47.3. The minimum absolute atomic E-state index is 0.163. The molecule has 1 aromatic carbocycles. The van der Waals surface area contributed by atoms with Crippen molar-refractivity contribution in [3.8, 4) is 17.3 Å². The van der Waals surface area contributed by atoms with Gasteiger partial charge >= 0.3 is 6.09 Å². The lowest BCUT2D eigenvalue weighted by atomic mass is 10.1. The average molecular weight is 945 g/mol. The highest BCUT2D eigenvalue weighted by Gasteiger charge is 2.24. The fraction of sp³-hybridized carbons (Fsp3) is 0.356. The SMILES string of the molecule is CCn1nc(C)cc1C(=O)Nc1nc2cc(C(N)=O)cnc2n1CC=CCn1c2nc(-c3cc(C)nn3CC)ncc2c2cc(C(N)=O)cc(OCCCN3CCN(C(=O)CONC(=O)O)CC3)c21. The number of primary amides is 2. The molecule has 1 aliphatic heterocycles. The molecule has 0 radical (unpaired) electrons. The summed E-state index contributed by atoms with van der Waals surface area (Å²) in [5.74, 6) is -0.991. The molecule has 1 saturated heterocycles. The quantitative estimate of drug-likeness (QED) is 0.0442. The van der Waals surface area contributed by atoms with E-state index in [4.69, 9.17) is 36.1 Å². The number of amides is 5. The van der Waals surface area contributed by atoms with E-state index in [9.17, 15) is 24.0 Å². The van der Waals surface area contributed by atoms with Crippen LogP contribution in [0, 0.1) is 13.8 Å². The Bertz CT molecular complexity index is 3140. The number of carbonyl (C=O) groups is 5. The van der Waals surface area contributed by atoms with E-state index in [1.54, 1.807) is 50.9 Å². The Hall–Kier alpha value is -8.25. The van der Waals surface area contributed by atoms with Crippen molar-refractivity contribution in [3.05, 3.63) is 83.1 Å². The number of rotatable bonds is 19. The first-order valence-corrected chi connectivity index (χ1v) is 22.3. The molecule has 7 N–H and O–H groups in total. The van der Waals surface area contributed by atoms with Crippen LogP contribution < -0.4 is 27.0 Å². The monoisotopic (exact) mass is 944 g/mol. The van der Waals surface area contributed by atoms with E-state index >= 15 is 0 Å². The molecule has 0 saturated carbocycles. The van der Waals surface area contributed by atoms with Gasteiger partial charge < -0.3 is 30.8 Å². The van der Waals surface area contributed by atoms with Gasteiger partial charge in [0.2, 0.25) is 17.8 Å². The van der Waals surface area contributed by atoms with Crippen molar-refractivity contribution >= 4 is 68.8 Å². The summed E-state index contributed by atoms with van der Waals surface area (Å²) in [7, 11) is 0. The van der Waals surface area contributed by atoms with Gasteiger partial charge in [0.25, 0.3) is 11.8 Å². The maximum atomic E-state index is 13.6. The van der Waals surface area contributed by atoms with Gasteiger partial charge in [-0.1, -0.05) is 12.2 Å². The lowest BCUT2D eigenvalue weighted by Crippen LogP contribution is -2.50. The van der Waals surface area contributed by atoms with Crippen molar-refractivity contribution in [1.82, 2.24) is 63.9 Å². The molecule has 7 aromatic rings. The number of allylic oxidation sites excluding steroid dienone is 2. The first-order chi connectivity index (χ1) is 33.2.